The van der Waals surface area contributed by atoms with Crippen LogP contribution in [0.5, 0.6) is 0 Å². The van der Waals surface area contributed by atoms with Crippen molar-refractivity contribution < 1.29 is 35.6 Å². The molecule has 2 fully saturated rings. The molecule has 2 bridgehead atoms. The van der Waals surface area contributed by atoms with E-state index in [4.69, 9.17) is 4.42 Å². The number of aromatic nitrogens is 2. The van der Waals surface area contributed by atoms with Crippen LogP contribution in [0.2, 0.25) is 0 Å². The van der Waals surface area contributed by atoms with Gasteiger partial charge in [-0.3, -0.25) is 9.69 Å². The standard InChI is InChI=1S/C22H18F6N4O2/c1-31(20-29-14-4-2-3-5-15(14)34-20)19(33)18-11-6-7-13(8-11)32(18)17-10-12(21(23,24)25)9-16(30-17)22(26,27)28/h2-5,9-11,13,18H,6-8H2,1H3/t11-,13+,18-/m0/s1. The Morgan fingerprint density at radius 3 is 2.47 bits per heavy atom. The number of likely N-dealkylation sites (N-methyl/N-ethyl adjacent to an activating group) is 1. The monoisotopic (exact) mass is 484 g/mol. The minimum absolute atomic E-state index is 0.0121. The average molecular weight is 484 g/mol. The van der Waals surface area contributed by atoms with Crippen LogP contribution in [0.15, 0.2) is 40.8 Å². The maximum atomic E-state index is 13.5. The van der Waals surface area contributed by atoms with E-state index in [2.05, 4.69) is 9.97 Å². The molecule has 1 saturated heterocycles. The molecule has 3 aromatic rings. The molecule has 0 unspecified atom stereocenters. The van der Waals surface area contributed by atoms with Gasteiger partial charge in [-0.2, -0.15) is 31.3 Å². The first-order valence-electron chi connectivity index (χ1n) is 10.5. The van der Waals surface area contributed by atoms with Crippen LogP contribution in [-0.2, 0) is 17.1 Å². The predicted octanol–water partition coefficient (Wildman–Crippen LogP) is 5.28. The number of fused-ring (bicyclic) bond motifs is 3. The number of carbonyl (C=O) groups excluding carboxylic acids is 1. The lowest BCUT2D eigenvalue weighted by Gasteiger charge is -2.37. The fraction of sp³-hybridized carbons (Fsp3) is 0.409. The lowest BCUT2D eigenvalue weighted by molar-refractivity contribution is -0.145. The van der Waals surface area contributed by atoms with Crippen molar-refractivity contribution >= 4 is 28.8 Å². The highest BCUT2D eigenvalue weighted by Gasteiger charge is 2.52. The van der Waals surface area contributed by atoms with E-state index in [1.807, 2.05) is 0 Å². The topological polar surface area (TPSA) is 62.5 Å². The van der Waals surface area contributed by atoms with Gasteiger partial charge in [-0.25, -0.2) is 4.98 Å². The van der Waals surface area contributed by atoms with Crippen LogP contribution in [0.25, 0.3) is 11.1 Å². The Bertz CT molecular complexity index is 1190. The third-order valence-corrected chi connectivity index (χ3v) is 6.43. The van der Waals surface area contributed by atoms with Crippen LogP contribution in [-0.4, -0.2) is 35.0 Å². The number of halogens is 6. The van der Waals surface area contributed by atoms with Crippen molar-refractivity contribution in [1.29, 1.82) is 0 Å². The fourth-order valence-corrected chi connectivity index (χ4v) is 4.89. The first kappa shape index (κ1) is 22.5. The molecule has 1 aromatic carbocycles. The Kier molecular flexibility index (Phi) is 5.03. The number of hydrogen-bond donors (Lipinski definition) is 0. The molecule has 2 aromatic heterocycles. The summed E-state index contributed by atoms with van der Waals surface area (Å²) in [5, 5.41) is 0. The number of alkyl halides is 6. The summed E-state index contributed by atoms with van der Waals surface area (Å²) in [6.45, 7) is 0. The molecule has 1 saturated carbocycles. The van der Waals surface area contributed by atoms with E-state index in [0.717, 1.165) is 4.90 Å². The maximum absolute atomic E-state index is 13.5. The molecule has 3 heterocycles. The van der Waals surface area contributed by atoms with E-state index >= 15 is 0 Å². The van der Waals surface area contributed by atoms with Gasteiger partial charge in [-0.15, -0.1) is 0 Å². The number of piperidine rings is 1. The summed E-state index contributed by atoms with van der Waals surface area (Å²) in [6.07, 6.45) is -8.45. The largest absolute Gasteiger partial charge is 0.433 e. The number of amides is 1. The average Bonchev–Trinajstić information content (AvgIpc) is 3.50. The highest BCUT2D eigenvalue weighted by Crippen LogP contribution is 2.47. The molecular formula is C22H18F6N4O2. The zero-order valence-electron chi connectivity index (χ0n) is 17.7. The van der Waals surface area contributed by atoms with Crippen molar-refractivity contribution in [2.24, 2.45) is 5.92 Å². The molecule has 2 aliphatic rings. The molecule has 6 nitrogen and oxygen atoms in total. The van der Waals surface area contributed by atoms with Crippen LogP contribution >= 0.6 is 0 Å². The first-order valence-corrected chi connectivity index (χ1v) is 10.5. The van der Waals surface area contributed by atoms with E-state index in [0.29, 0.717) is 36.4 Å². The maximum Gasteiger partial charge on any atom is 0.433 e. The fourth-order valence-electron chi connectivity index (χ4n) is 4.89. The van der Waals surface area contributed by atoms with Crippen LogP contribution in [0.1, 0.15) is 30.5 Å². The highest BCUT2D eigenvalue weighted by molar-refractivity contribution is 5.98. The van der Waals surface area contributed by atoms with Crippen molar-refractivity contribution in [2.75, 3.05) is 16.8 Å². The quantitative estimate of drug-likeness (QED) is 0.474. The molecule has 1 aliphatic carbocycles. The molecule has 34 heavy (non-hydrogen) atoms. The van der Waals surface area contributed by atoms with Crippen molar-refractivity contribution in [3.05, 3.63) is 47.7 Å². The van der Waals surface area contributed by atoms with E-state index in [1.165, 1.54) is 11.9 Å². The van der Waals surface area contributed by atoms with Crippen LogP contribution in [0, 0.1) is 5.92 Å². The van der Waals surface area contributed by atoms with Crippen molar-refractivity contribution in [2.45, 2.75) is 43.7 Å². The number of benzene rings is 1. The summed E-state index contributed by atoms with van der Waals surface area (Å²) in [5.74, 6) is -1.29. The van der Waals surface area contributed by atoms with Crippen molar-refractivity contribution in [3.8, 4) is 0 Å². The summed E-state index contributed by atoms with van der Waals surface area (Å²) in [5.41, 5.74) is -2.17. The van der Waals surface area contributed by atoms with Gasteiger partial charge in [0.2, 0.25) is 0 Å². The summed E-state index contributed by atoms with van der Waals surface area (Å²) in [6, 6.07) is 6.00. The summed E-state index contributed by atoms with van der Waals surface area (Å²) >= 11 is 0. The summed E-state index contributed by atoms with van der Waals surface area (Å²) in [4.78, 5) is 23.7. The molecular weight excluding hydrogens is 466 g/mol. The number of hydrogen-bond acceptors (Lipinski definition) is 5. The lowest BCUT2D eigenvalue weighted by atomic mass is 9.97. The number of anilines is 2. The second-order valence-electron chi connectivity index (χ2n) is 8.54. The van der Waals surface area contributed by atoms with E-state index < -0.39 is 47.4 Å². The summed E-state index contributed by atoms with van der Waals surface area (Å²) < 4.78 is 86.0. The van der Waals surface area contributed by atoms with Gasteiger partial charge in [0.15, 0.2) is 5.58 Å². The van der Waals surface area contributed by atoms with E-state index in [1.54, 1.807) is 24.3 Å². The Morgan fingerprint density at radius 2 is 1.79 bits per heavy atom. The van der Waals surface area contributed by atoms with Crippen LogP contribution < -0.4 is 9.80 Å². The van der Waals surface area contributed by atoms with Gasteiger partial charge >= 0.3 is 18.4 Å². The minimum Gasteiger partial charge on any atom is -0.423 e. The molecule has 1 aliphatic heterocycles. The van der Waals surface area contributed by atoms with Gasteiger partial charge in [-0.1, -0.05) is 12.1 Å². The predicted molar refractivity (Wildman–Crippen MR) is 109 cm³/mol. The van der Waals surface area contributed by atoms with Gasteiger partial charge in [0.1, 0.15) is 23.1 Å². The number of carbonyl (C=O) groups is 1. The summed E-state index contributed by atoms with van der Waals surface area (Å²) in [7, 11) is 1.41. The van der Waals surface area contributed by atoms with Gasteiger partial charge in [0.25, 0.3) is 5.91 Å². The van der Waals surface area contributed by atoms with E-state index in [9.17, 15) is 31.1 Å². The first-order chi connectivity index (χ1) is 15.9. The number of oxazole rings is 1. The van der Waals surface area contributed by atoms with Crippen molar-refractivity contribution in [3.63, 3.8) is 0 Å². The zero-order chi connectivity index (χ0) is 24.4. The smallest absolute Gasteiger partial charge is 0.423 e. The number of nitrogens with zero attached hydrogens (tertiary/aromatic N) is 4. The number of pyridine rings is 1. The number of para-hydroxylation sites is 2. The van der Waals surface area contributed by atoms with Crippen molar-refractivity contribution in [1.82, 2.24) is 9.97 Å². The Balaban J connectivity index is 1.54. The molecule has 12 heteroatoms. The third-order valence-electron chi connectivity index (χ3n) is 6.43. The Hall–Kier alpha value is -3.31. The van der Waals surface area contributed by atoms with Gasteiger partial charge in [0.05, 0.1) is 5.56 Å². The van der Waals surface area contributed by atoms with Crippen LogP contribution in [0.4, 0.5) is 38.2 Å². The molecule has 1 amide bonds. The van der Waals surface area contributed by atoms with Gasteiger partial charge in [0, 0.05) is 13.1 Å². The zero-order valence-corrected chi connectivity index (χ0v) is 17.7. The number of rotatable bonds is 3. The van der Waals surface area contributed by atoms with Gasteiger partial charge in [-0.05, 0) is 49.4 Å². The lowest BCUT2D eigenvalue weighted by Crippen LogP contribution is -2.51. The normalized spacial score (nSPS) is 22.6. The molecule has 0 radical (unpaired) electrons. The third kappa shape index (κ3) is 3.74. The molecule has 0 N–H and O–H groups in total. The molecule has 0 spiro atoms. The Labute approximate surface area is 189 Å². The van der Waals surface area contributed by atoms with Crippen LogP contribution in [0.3, 0.4) is 0 Å². The van der Waals surface area contributed by atoms with Gasteiger partial charge < -0.3 is 9.32 Å². The second kappa shape index (κ2) is 7.60. The molecule has 5 rings (SSSR count). The molecule has 180 valence electrons. The van der Waals surface area contributed by atoms with E-state index in [-0.39, 0.29) is 18.0 Å². The second-order valence-corrected chi connectivity index (χ2v) is 8.54. The SMILES string of the molecule is CN(C(=O)[C@@H]1[C@H]2CC[C@H](C2)N1c1cc(C(F)(F)F)cc(C(F)(F)F)n1)c1nc2ccccc2o1. The Morgan fingerprint density at radius 1 is 1.06 bits per heavy atom. The minimum atomic E-state index is -5.08. The highest BCUT2D eigenvalue weighted by atomic mass is 19.4. The molecule has 3 atom stereocenters.